The third kappa shape index (κ3) is 4.29. The number of piperidine rings is 1. The first-order valence-corrected chi connectivity index (χ1v) is 8.69. The van der Waals surface area contributed by atoms with Gasteiger partial charge < -0.3 is 19.0 Å². The van der Waals surface area contributed by atoms with Gasteiger partial charge in [0.05, 0.1) is 6.26 Å². The molecule has 7 nitrogen and oxygen atoms in total. The molecule has 0 spiro atoms. The molecule has 1 atom stereocenters. The fraction of sp³-hybridized carbons (Fsp3) is 0.421. The summed E-state index contributed by atoms with van der Waals surface area (Å²) in [5.74, 6) is 0.0987. The molecule has 0 bridgehead atoms. The molecule has 26 heavy (non-hydrogen) atoms. The first-order valence-electron chi connectivity index (χ1n) is 8.69. The van der Waals surface area contributed by atoms with E-state index in [0.717, 1.165) is 18.4 Å². The second kappa shape index (κ2) is 8.62. The number of nitrogens with zero attached hydrogens (tertiary/aromatic N) is 3. The van der Waals surface area contributed by atoms with Crippen molar-refractivity contribution in [3.8, 4) is 0 Å². The molecular weight excluding hydrogens is 334 g/mol. The van der Waals surface area contributed by atoms with Crippen molar-refractivity contribution in [1.29, 1.82) is 0 Å². The summed E-state index contributed by atoms with van der Waals surface area (Å²) in [6, 6.07) is 7.09. The summed E-state index contributed by atoms with van der Waals surface area (Å²) in [6.07, 6.45) is 6.63. The van der Waals surface area contributed by atoms with E-state index >= 15 is 0 Å². The number of hydrogen-bond acceptors (Lipinski definition) is 5. The highest BCUT2D eigenvalue weighted by atomic mass is 16.5. The van der Waals surface area contributed by atoms with Crippen LogP contribution in [0.2, 0.25) is 0 Å². The molecule has 0 aromatic carbocycles. The molecule has 1 fully saturated rings. The average molecular weight is 357 g/mol. The molecule has 2 amide bonds. The van der Waals surface area contributed by atoms with Gasteiger partial charge in [0.2, 0.25) is 5.91 Å². The van der Waals surface area contributed by atoms with Crippen molar-refractivity contribution in [2.24, 2.45) is 0 Å². The summed E-state index contributed by atoms with van der Waals surface area (Å²) >= 11 is 0. The van der Waals surface area contributed by atoms with Crippen molar-refractivity contribution in [3.05, 3.63) is 54.2 Å². The molecule has 3 heterocycles. The Hall–Kier alpha value is -2.67. The quantitative estimate of drug-likeness (QED) is 0.790. The molecule has 0 radical (unpaired) electrons. The van der Waals surface area contributed by atoms with Crippen LogP contribution in [0.1, 0.15) is 29.0 Å². The van der Waals surface area contributed by atoms with E-state index in [1.807, 2.05) is 12.1 Å². The van der Waals surface area contributed by atoms with Gasteiger partial charge in [-0.2, -0.15) is 0 Å². The number of amides is 2. The Morgan fingerprint density at radius 1 is 1.38 bits per heavy atom. The van der Waals surface area contributed by atoms with Crippen LogP contribution in [0.15, 0.2) is 47.3 Å². The number of methoxy groups -OCH3 is 1. The number of ether oxygens (including phenoxy) is 1. The maximum Gasteiger partial charge on any atom is 0.289 e. The highest BCUT2D eigenvalue weighted by molar-refractivity contribution is 5.91. The Morgan fingerprint density at radius 2 is 2.27 bits per heavy atom. The van der Waals surface area contributed by atoms with E-state index in [1.54, 1.807) is 34.3 Å². The van der Waals surface area contributed by atoms with Crippen LogP contribution in [0.3, 0.4) is 0 Å². The van der Waals surface area contributed by atoms with E-state index in [2.05, 4.69) is 4.98 Å². The number of carbonyl (C=O) groups is 2. The molecule has 2 aromatic heterocycles. The van der Waals surface area contributed by atoms with E-state index < -0.39 is 0 Å². The molecule has 1 saturated heterocycles. The van der Waals surface area contributed by atoms with Gasteiger partial charge in [0.25, 0.3) is 5.91 Å². The molecule has 1 aliphatic heterocycles. The largest absolute Gasteiger partial charge is 0.459 e. The molecule has 138 valence electrons. The number of aromatic nitrogens is 1. The Balaban J connectivity index is 1.74. The van der Waals surface area contributed by atoms with Gasteiger partial charge >= 0.3 is 0 Å². The van der Waals surface area contributed by atoms with E-state index in [4.69, 9.17) is 9.15 Å². The van der Waals surface area contributed by atoms with Crippen LogP contribution < -0.4 is 0 Å². The van der Waals surface area contributed by atoms with Crippen molar-refractivity contribution in [2.45, 2.75) is 25.4 Å². The van der Waals surface area contributed by atoms with Crippen LogP contribution in [0.5, 0.6) is 0 Å². The maximum absolute atomic E-state index is 12.6. The van der Waals surface area contributed by atoms with E-state index in [9.17, 15) is 9.59 Å². The molecule has 0 saturated carbocycles. The minimum Gasteiger partial charge on any atom is -0.459 e. The molecule has 1 aliphatic rings. The molecule has 3 rings (SSSR count). The second-order valence-electron chi connectivity index (χ2n) is 6.34. The Kier molecular flexibility index (Phi) is 6.01. The third-order valence-corrected chi connectivity index (χ3v) is 4.52. The lowest BCUT2D eigenvalue weighted by Crippen LogP contribution is -2.52. The van der Waals surface area contributed by atoms with Gasteiger partial charge in [0.15, 0.2) is 5.76 Å². The van der Waals surface area contributed by atoms with Crippen molar-refractivity contribution in [3.63, 3.8) is 0 Å². The summed E-state index contributed by atoms with van der Waals surface area (Å²) in [6.45, 7) is 1.61. The number of carbonyl (C=O) groups excluding carboxylic acids is 2. The van der Waals surface area contributed by atoms with E-state index in [0.29, 0.717) is 25.4 Å². The summed E-state index contributed by atoms with van der Waals surface area (Å²) in [5, 5.41) is 0. The lowest BCUT2D eigenvalue weighted by Gasteiger charge is -2.39. The number of furan rings is 1. The molecule has 0 aliphatic carbocycles. The molecular formula is C19H23N3O4. The zero-order valence-electron chi connectivity index (χ0n) is 14.8. The fourth-order valence-electron chi connectivity index (χ4n) is 3.27. The van der Waals surface area contributed by atoms with Crippen LogP contribution in [0.25, 0.3) is 0 Å². The van der Waals surface area contributed by atoms with Crippen molar-refractivity contribution < 1.29 is 18.7 Å². The average Bonchev–Trinajstić information content (AvgIpc) is 3.21. The number of pyridine rings is 1. The Labute approximate surface area is 152 Å². The smallest absolute Gasteiger partial charge is 0.289 e. The fourth-order valence-corrected chi connectivity index (χ4v) is 3.27. The van der Waals surface area contributed by atoms with Crippen LogP contribution in [-0.2, 0) is 16.1 Å². The maximum atomic E-state index is 12.6. The zero-order chi connectivity index (χ0) is 18.4. The van der Waals surface area contributed by atoms with Gasteiger partial charge in [-0.3, -0.25) is 14.6 Å². The first kappa shape index (κ1) is 18.1. The molecule has 7 heteroatoms. The third-order valence-electron chi connectivity index (χ3n) is 4.52. The van der Waals surface area contributed by atoms with Crippen LogP contribution in [-0.4, -0.2) is 59.4 Å². The van der Waals surface area contributed by atoms with E-state index in [1.165, 1.54) is 13.4 Å². The Morgan fingerprint density at radius 3 is 2.96 bits per heavy atom. The monoisotopic (exact) mass is 357 g/mol. The summed E-state index contributed by atoms with van der Waals surface area (Å²) < 4.78 is 10.3. The second-order valence-corrected chi connectivity index (χ2v) is 6.34. The van der Waals surface area contributed by atoms with Gasteiger partial charge in [-0.25, -0.2) is 0 Å². The lowest BCUT2D eigenvalue weighted by molar-refractivity contribution is -0.139. The summed E-state index contributed by atoms with van der Waals surface area (Å²) in [5.41, 5.74) is 0.950. The van der Waals surface area contributed by atoms with Crippen LogP contribution in [0.4, 0.5) is 0 Å². The zero-order valence-corrected chi connectivity index (χ0v) is 14.8. The van der Waals surface area contributed by atoms with Gasteiger partial charge in [-0.05, 0) is 36.6 Å². The van der Waals surface area contributed by atoms with Gasteiger partial charge in [-0.1, -0.05) is 6.07 Å². The van der Waals surface area contributed by atoms with Crippen molar-refractivity contribution >= 4 is 11.8 Å². The molecule has 1 unspecified atom stereocenters. The number of hydrogen-bond donors (Lipinski definition) is 0. The SMILES string of the molecule is COCC(=O)N(Cc1cccnc1)C1CCCN(C(=O)c2ccco2)C1. The normalized spacial score (nSPS) is 17.1. The predicted molar refractivity (Wildman–Crippen MR) is 94.3 cm³/mol. The lowest BCUT2D eigenvalue weighted by atomic mass is 10.0. The van der Waals surface area contributed by atoms with Crippen molar-refractivity contribution in [2.75, 3.05) is 26.8 Å². The van der Waals surface area contributed by atoms with Crippen LogP contribution >= 0.6 is 0 Å². The number of rotatable bonds is 6. The highest BCUT2D eigenvalue weighted by Gasteiger charge is 2.31. The van der Waals surface area contributed by atoms with Crippen LogP contribution in [0, 0.1) is 0 Å². The summed E-state index contributed by atoms with van der Waals surface area (Å²) in [4.78, 5) is 32.9. The first-order chi connectivity index (χ1) is 12.7. The molecule has 2 aromatic rings. The van der Waals surface area contributed by atoms with Crippen molar-refractivity contribution in [1.82, 2.24) is 14.8 Å². The van der Waals surface area contributed by atoms with Gasteiger partial charge in [0.1, 0.15) is 6.61 Å². The number of likely N-dealkylation sites (tertiary alicyclic amines) is 1. The topological polar surface area (TPSA) is 75.9 Å². The van der Waals surface area contributed by atoms with Gasteiger partial charge in [0, 0.05) is 45.2 Å². The predicted octanol–water partition coefficient (Wildman–Crippen LogP) is 1.95. The van der Waals surface area contributed by atoms with Gasteiger partial charge in [-0.15, -0.1) is 0 Å². The summed E-state index contributed by atoms with van der Waals surface area (Å²) in [7, 11) is 1.51. The Bertz CT molecular complexity index is 718. The minimum absolute atomic E-state index is 0.0168. The standard InChI is InChI=1S/C19H23N3O4/c1-25-14-18(23)22(12-15-5-2-8-20-11-15)16-6-3-9-21(13-16)19(24)17-7-4-10-26-17/h2,4-5,7-8,10-11,16H,3,6,9,12-14H2,1H3. The molecule has 0 N–H and O–H groups in total. The highest BCUT2D eigenvalue weighted by Crippen LogP contribution is 2.20. The van der Waals surface area contributed by atoms with E-state index in [-0.39, 0.29) is 24.5 Å². The minimum atomic E-state index is -0.139.